The van der Waals surface area contributed by atoms with Gasteiger partial charge in [0, 0.05) is 23.2 Å². The van der Waals surface area contributed by atoms with Crippen LogP contribution in [0.3, 0.4) is 0 Å². The molecule has 0 spiro atoms. The Morgan fingerprint density at radius 2 is 2.09 bits per heavy atom. The zero-order valence-electron chi connectivity index (χ0n) is 12.9. The maximum Gasteiger partial charge on any atom is 0.252 e. The van der Waals surface area contributed by atoms with Gasteiger partial charge in [-0.25, -0.2) is 0 Å². The number of hydrogen-bond acceptors (Lipinski definition) is 2. The maximum absolute atomic E-state index is 12.3. The van der Waals surface area contributed by atoms with E-state index in [4.69, 9.17) is 4.74 Å². The van der Waals surface area contributed by atoms with E-state index in [2.05, 4.69) is 11.8 Å². The van der Waals surface area contributed by atoms with Crippen molar-refractivity contribution in [1.82, 2.24) is 4.57 Å². The molecule has 1 fully saturated rings. The third-order valence-electron chi connectivity index (χ3n) is 3.81. The Labute approximate surface area is 130 Å². The van der Waals surface area contributed by atoms with Gasteiger partial charge >= 0.3 is 0 Å². The SMILES string of the molecule is COc1cccc(Cn2c(C)cc(C#CC3CC3)cc2=O)c1. The van der Waals surface area contributed by atoms with Gasteiger partial charge in [-0.15, -0.1) is 0 Å². The van der Waals surface area contributed by atoms with E-state index in [0.29, 0.717) is 12.5 Å². The average molecular weight is 293 g/mol. The molecular weight excluding hydrogens is 274 g/mol. The Bertz CT molecular complexity index is 804. The van der Waals surface area contributed by atoms with Crippen molar-refractivity contribution in [1.29, 1.82) is 0 Å². The number of methoxy groups -OCH3 is 1. The van der Waals surface area contributed by atoms with Crippen LogP contribution in [0.2, 0.25) is 0 Å². The predicted octanol–water partition coefficient (Wildman–Crippen LogP) is 2.98. The van der Waals surface area contributed by atoms with Crippen LogP contribution in [0.1, 0.15) is 29.7 Å². The summed E-state index contributed by atoms with van der Waals surface area (Å²) in [6, 6.07) is 11.4. The second kappa shape index (κ2) is 6.11. The lowest BCUT2D eigenvalue weighted by molar-refractivity contribution is 0.414. The highest BCUT2D eigenvalue weighted by Crippen LogP contribution is 2.27. The highest BCUT2D eigenvalue weighted by Gasteiger charge is 2.17. The lowest BCUT2D eigenvalue weighted by Crippen LogP contribution is -2.22. The number of nitrogens with zero attached hydrogens (tertiary/aromatic N) is 1. The largest absolute Gasteiger partial charge is 0.497 e. The van der Waals surface area contributed by atoms with Gasteiger partial charge in [-0.3, -0.25) is 4.79 Å². The number of hydrogen-bond donors (Lipinski definition) is 0. The molecule has 3 heteroatoms. The Balaban J connectivity index is 1.87. The number of benzene rings is 1. The number of aryl methyl sites for hydroxylation is 1. The summed E-state index contributed by atoms with van der Waals surface area (Å²) in [7, 11) is 1.64. The molecule has 0 bridgehead atoms. The molecule has 0 atom stereocenters. The molecule has 0 amide bonds. The van der Waals surface area contributed by atoms with E-state index < -0.39 is 0 Å². The van der Waals surface area contributed by atoms with Gasteiger partial charge in [0.15, 0.2) is 0 Å². The average Bonchev–Trinajstić information content (AvgIpc) is 3.33. The molecule has 0 radical (unpaired) electrons. The van der Waals surface area contributed by atoms with E-state index in [1.165, 1.54) is 12.8 Å². The first kappa shape index (κ1) is 14.5. The predicted molar refractivity (Wildman–Crippen MR) is 87.1 cm³/mol. The van der Waals surface area contributed by atoms with Gasteiger partial charge in [0.05, 0.1) is 13.7 Å². The van der Waals surface area contributed by atoms with Gasteiger partial charge in [-0.1, -0.05) is 24.0 Å². The van der Waals surface area contributed by atoms with Gasteiger partial charge in [0.1, 0.15) is 5.75 Å². The van der Waals surface area contributed by atoms with Crippen LogP contribution in [-0.4, -0.2) is 11.7 Å². The van der Waals surface area contributed by atoms with E-state index in [9.17, 15) is 4.79 Å². The third kappa shape index (κ3) is 3.40. The Hall–Kier alpha value is -2.47. The topological polar surface area (TPSA) is 31.2 Å². The van der Waals surface area contributed by atoms with Crippen LogP contribution >= 0.6 is 0 Å². The summed E-state index contributed by atoms with van der Waals surface area (Å²) >= 11 is 0. The zero-order valence-corrected chi connectivity index (χ0v) is 12.9. The van der Waals surface area contributed by atoms with Gasteiger partial charge in [0.25, 0.3) is 5.56 Å². The quantitative estimate of drug-likeness (QED) is 0.815. The lowest BCUT2D eigenvalue weighted by Gasteiger charge is -2.11. The van der Waals surface area contributed by atoms with Crippen LogP contribution in [0, 0.1) is 24.7 Å². The summed E-state index contributed by atoms with van der Waals surface area (Å²) in [4.78, 5) is 12.3. The molecule has 0 saturated heterocycles. The van der Waals surface area contributed by atoms with Crippen LogP contribution in [0.15, 0.2) is 41.2 Å². The summed E-state index contributed by atoms with van der Waals surface area (Å²) in [5, 5.41) is 0. The van der Waals surface area contributed by atoms with E-state index in [0.717, 1.165) is 22.6 Å². The zero-order chi connectivity index (χ0) is 15.5. The molecule has 1 aliphatic rings. The Kier molecular flexibility index (Phi) is 4.02. The minimum atomic E-state index is -0.0112. The van der Waals surface area contributed by atoms with Gasteiger partial charge in [-0.2, -0.15) is 0 Å². The molecule has 1 aliphatic carbocycles. The Morgan fingerprint density at radius 1 is 1.27 bits per heavy atom. The molecule has 112 valence electrons. The first-order valence-electron chi connectivity index (χ1n) is 7.51. The van der Waals surface area contributed by atoms with E-state index in [1.807, 2.05) is 37.3 Å². The number of rotatable bonds is 3. The molecule has 1 saturated carbocycles. The van der Waals surface area contributed by atoms with Crippen LogP contribution in [0.25, 0.3) is 0 Å². The van der Waals surface area contributed by atoms with Gasteiger partial charge < -0.3 is 9.30 Å². The van der Waals surface area contributed by atoms with E-state index in [1.54, 1.807) is 17.7 Å². The van der Waals surface area contributed by atoms with Crippen LogP contribution in [-0.2, 0) is 6.54 Å². The summed E-state index contributed by atoms with van der Waals surface area (Å²) in [6.45, 7) is 2.49. The molecule has 3 nitrogen and oxygen atoms in total. The highest BCUT2D eigenvalue weighted by atomic mass is 16.5. The van der Waals surface area contributed by atoms with Crippen molar-refractivity contribution in [2.24, 2.45) is 5.92 Å². The maximum atomic E-state index is 12.3. The van der Waals surface area contributed by atoms with Crippen molar-refractivity contribution >= 4 is 0 Å². The fourth-order valence-corrected chi connectivity index (χ4v) is 2.37. The van der Waals surface area contributed by atoms with E-state index in [-0.39, 0.29) is 5.56 Å². The summed E-state index contributed by atoms with van der Waals surface area (Å²) < 4.78 is 6.99. The number of pyridine rings is 1. The minimum Gasteiger partial charge on any atom is -0.497 e. The molecule has 1 aromatic heterocycles. The molecule has 1 aromatic carbocycles. The fraction of sp³-hybridized carbons (Fsp3) is 0.316. The molecular formula is C19H19NO2. The third-order valence-corrected chi connectivity index (χ3v) is 3.81. The second-order valence-electron chi connectivity index (χ2n) is 5.70. The molecule has 0 unspecified atom stereocenters. The monoisotopic (exact) mass is 293 g/mol. The van der Waals surface area contributed by atoms with Crippen LogP contribution in [0.5, 0.6) is 5.75 Å². The van der Waals surface area contributed by atoms with Crippen molar-refractivity contribution in [3.8, 4) is 17.6 Å². The Morgan fingerprint density at radius 3 is 2.77 bits per heavy atom. The summed E-state index contributed by atoms with van der Waals surface area (Å²) in [5.41, 5.74) is 2.77. The summed E-state index contributed by atoms with van der Waals surface area (Å²) in [5.74, 6) is 7.65. The number of ether oxygens (including phenoxy) is 1. The lowest BCUT2D eigenvalue weighted by atomic mass is 10.1. The van der Waals surface area contributed by atoms with Gasteiger partial charge in [-0.05, 0) is 43.5 Å². The smallest absolute Gasteiger partial charge is 0.252 e. The molecule has 3 rings (SSSR count). The highest BCUT2D eigenvalue weighted by molar-refractivity contribution is 5.36. The van der Waals surface area contributed by atoms with Gasteiger partial charge in [0.2, 0.25) is 0 Å². The molecule has 0 N–H and O–H groups in total. The van der Waals surface area contributed by atoms with Crippen LogP contribution < -0.4 is 10.3 Å². The van der Waals surface area contributed by atoms with Crippen molar-refractivity contribution in [2.45, 2.75) is 26.3 Å². The van der Waals surface area contributed by atoms with E-state index >= 15 is 0 Å². The molecule has 0 aliphatic heterocycles. The van der Waals surface area contributed by atoms with Crippen molar-refractivity contribution in [2.75, 3.05) is 7.11 Å². The van der Waals surface area contributed by atoms with Crippen molar-refractivity contribution in [3.05, 3.63) is 63.6 Å². The minimum absolute atomic E-state index is 0.0112. The number of aromatic nitrogens is 1. The summed E-state index contributed by atoms with van der Waals surface area (Å²) in [6.07, 6.45) is 2.39. The normalized spacial score (nSPS) is 13.4. The molecule has 2 aromatic rings. The van der Waals surface area contributed by atoms with Crippen LogP contribution in [0.4, 0.5) is 0 Å². The molecule has 22 heavy (non-hydrogen) atoms. The fourth-order valence-electron chi connectivity index (χ4n) is 2.37. The first-order valence-corrected chi connectivity index (χ1v) is 7.51. The first-order chi connectivity index (χ1) is 10.7. The van der Waals surface area contributed by atoms with Crippen molar-refractivity contribution in [3.63, 3.8) is 0 Å². The molecule has 1 heterocycles. The van der Waals surface area contributed by atoms with Crippen molar-refractivity contribution < 1.29 is 4.74 Å². The second-order valence-corrected chi connectivity index (χ2v) is 5.70. The standard InChI is InChI=1S/C19H19NO2/c1-14-10-16(9-8-15-6-7-15)12-19(21)20(14)13-17-4-3-5-18(11-17)22-2/h3-5,10-12,15H,6-7,13H2,1-2H3.